The lowest BCUT2D eigenvalue weighted by Crippen LogP contribution is -1.85. The van der Waals surface area contributed by atoms with Gasteiger partial charge in [-0.15, -0.1) is 0 Å². The van der Waals surface area contributed by atoms with E-state index in [1.165, 1.54) is 25.3 Å². The van der Waals surface area contributed by atoms with E-state index in [9.17, 15) is 4.39 Å². The normalized spacial score (nSPS) is 9.64. The molecule has 1 aromatic rings. The Hall–Kier alpha value is -1.25. The highest BCUT2D eigenvalue weighted by atomic mass is 19.1. The number of aromatic hydroxyl groups is 1. The first-order valence-electron chi connectivity index (χ1n) is 3.19. The van der Waals surface area contributed by atoms with Crippen LogP contribution in [0.15, 0.2) is 18.2 Å². The van der Waals surface area contributed by atoms with E-state index in [0.717, 1.165) is 0 Å². The maximum absolute atomic E-state index is 12.0. The molecule has 0 heterocycles. The van der Waals surface area contributed by atoms with Crippen LogP contribution in [0.4, 0.5) is 4.39 Å². The fourth-order valence-electron chi connectivity index (χ4n) is 0.805. The van der Waals surface area contributed by atoms with Crippen molar-refractivity contribution in [2.75, 3.05) is 7.11 Å². The zero-order chi connectivity index (χ0) is 8.27. The van der Waals surface area contributed by atoms with E-state index in [-0.39, 0.29) is 5.75 Å². The molecule has 0 aliphatic heterocycles. The van der Waals surface area contributed by atoms with Crippen LogP contribution in [0.1, 0.15) is 5.56 Å². The summed E-state index contributed by atoms with van der Waals surface area (Å²) >= 11 is 0. The van der Waals surface area contributed by atoms with Gasteiger partial charge >= 0.3 is 0 Å². The molecule has 0 aliphatic rings. The molecule has 0 unspecified atom stereocenters. The topological polar surface area (TPSA) is 29.5 Å². The molecule has 11 heavy (non-hydrogen) atoms. The molecule has 0 atom stereocenters. The van der Waals surface area contributed by atoms with Crippen molar-refractivity contribution in [1.82, 2.24) is 0 Å². The molecule has 0 aromatic heterocycles. The van der Waals surface area contributed by atoms with E-state index in [0.29, 0.717) is 11.3 Å². The summed E-state index contributed by atoms with van der Waals surface area (Å²) in [7, 11) is 1.43. The number of benzene rings is 1. The van der Waals surface area contributed by atoms with Gasteiger partial charge in [0.2, 0.25) is 0 Å². The fourth-order valence-corrected chi connectivity index (χ4v) is 0.805. The molecule has 0 amide bonds. The third-order valence-corrected chi connectivity index (χ3v) is 1.40. The number of phenols is 1. The monoisotopic (exact) mass is 156 g/mol. The average molecular weight is 156 g/mol. The van der Waals surface area contributed by atoms with Crippen LogP contribution in [-0.4, -0.2) is 12.2 Å². The van der Waals surface area contributed by atoms with Crippen LogP contribution >= 0.6 is 0 Å². The van der Waals surface area contributed by atoms with Gasteiger partial charge in [-0.05, 0) is 17.7 Å². The van der Waals surface area contributed by atoms with Crippen molar-refractivity contribution in [3.05, 3.63) is 23.8 Å². The number of ether oxygens (including phenoxy) is 1. The van der Waals surface area contributed by atoms with E-state index in [1.807, 2.05) is 0 Å². The minimum atomic E-state index is -0.545. The van der Waals surface area contributed by atoms with Crippen LogP contribution < -0.4 is 4.74 Å². The summed E-state index contributed by atoms with van der Waals surface area (Å²) < 4.78 is 16.8. The predicted octanol–water partition coefficient (Wildman–Crippen LogP) is 1.87. The van der Waals surface area contributed by atoms with Crippen LogP contribution in [0, 0.1) is 0 Å². The lowest BCUT2D eigenvalue weighted by atomic mass is 10.2. The number of rotatable bonds is 2. The van der Waals surface area contributed by atoms with Gasteiger partial charge in [0.05, 0.1) is 7.11 Å². The molecule has 0 saturated carbocycles. The summed E-state index contributed by atoms with van der Waals surface area (Å²) in [5.41, 5.74) is 0.500. The quantitative estimate of drug-likeness (QED) is 0.708. The van der Waals surface area contributed by atoms with Gasteiger partial charge in [-0.3, -0.25) is 0 Å². The van der Waals surface area contributed by atoms with Gasteiger partial charge in [0.1, 0.15) is 6.67 Å². The van der Waals surface area contributed by atoms with E-state index in [1.54, 1.807) is 0 Å². The molecule has 1 aromatic carbocycles. The predicted molar refractivity (Wildman–Crippen MR) is 39.5 cm³/mol. The smallest absolute Gasteiger partial charge is 0.160 e. The van der Waals surface area contributed by atoms with Crippen molar-refractivity contribution in [3.63, 3.8) is 0 Å². The highest BCUT2D eigenvalue weighted by molar-refractivity contribution is 5.41. The molecule has 0 radical (unpaired) electrons. The first-order valence-corrected chi connectivity index (χ1v) is 3.19. The molecule has 60 valence electrons. The molecule has 0 bridgehead atoms. The second kappa shape index (κ2) is 3.23. The third kappa shape index (κ3) is 1.61. The van der Waals surface area contributed by atoms with E-state index < -0.39 is 6.67 Å². The lowest BCUT2D eigenvalue weighted by Gasteiger charge is -2.03. The first kappa shape index (κ1) is 7.85. The molecule has 2 nitrogen and oxygen atoms in total. The van der Waals surface area contributed by atoms with Crippen molar-refractivity contribution in [2.24, 2.45) is 0 Å². The van der Waals surface area contributed by atoms with Gasteiger partial charge in [-0.2, -0.15) is 0 Å². The molecule has 3 heteroatoms. The van der Waals surface area contributed by atoms with Crippen molar-refractivity contribution < 1.29 is 14.2 Å². The largest absolute Gasteiger partial charge is 0.504 e. The Morgan fingerprint density at radius 1 is 1.55 bits per heavy atom. The highest BCUT2D eigenvalue weighted by Crippen LogP contribution is 2.26. The van der Waals surface area contributed by atoms with Gasteiger partial charge in [0.15, 0.2) is 11.5 Å². The zero-order valence-electron chi connectivity index (χ0n) is 6.17. The van der Waals surface area contributed by atoms with E-state index >= 15 is 0 Å². The Kier molecular flexibility index (Phi) is 2.31. The molecular formula is C8H9FO2. The first-order chi connectivity index (χ1) is 5.27. The Bertz CT molecular complexity index is 248. The van der Waals surface area contributed by atoms with Crippen molar-refractivity contribution in [3.8, 4) is 11.5 Å². The molecule has 1 N–H and O–H groups in total. The number of hydrogen-bond acceptors (Lipinski definition) is 2. The van der Waals surface area contributed by atoms with Crippen LogP contribution in [0.2, 0.25) is 0 Å². The van der Waals surface area contributed by atoms with Gasteiger partial charge in [-0.25, -0.2) is 4.39 Å². The van der Waals surface area contributed by atoms with Crippen LogP contribution in [0.25, 0.3) is 0 Å². The molecule has 1 rings (SSSR count). The molecule has 0 aliphatic carbocycles. The summed E-state index contributed by atoms with van der Waals surface area (Å²) in [6.07, 6.45) is 0. The summed E-state index contributed by atoms with van der Waals surface area (Å²) in [6, 6.07) is 4.39. The fraction of sp³-hybridized carbons (Fsp3) is 0.250. The summed E-state index contributed by atoms with van der Waals surface area (Å²) in [5.74, 6) is 0.338. The number of alkyl halides is 1. The molecular weight excluding hydrogens is 147 g/mol. The minimum Gasteiger partial charge on any atom is -0.504 e. The zero-order valence-corrected chi connectivity index (χ0v) is 6.17. The van der Waals surface area contributed by atoms with E-state index in [2.05, 4.69) is 0 Å². The molecule has 0 saturated heterocycles. The molecule has 0 spiro atoms. The van der Waals surface area contributed by atoms with Crippen LogP contribution in [0.3, 0.4) is 0 Å². The Morgan fingerprint density at radius 3 is 2.82 bits per heavy atom. The van der Waals surface area contributed by atoms with Crippen molar-refractivity contribution in [1.29, 1.82) is 0 Å². The maximum Gasteiger partial charge on any atom is 0.160 e. The van der Waals surface area contributed by atoms with Crippen LogP contribution in [0.5, 0.6) is 11.5 Å². The van der Waals surface area contributed by atoms with Gasteiger partial charge in [-0.1, -0.05) is 6.07 Å². The second-order valence-corrected chi connectivity index (χ2v) is 2.14. The summed E-state index contributed by atoms with van der Waals surface area (Å²) in [4.78, 5) is 0. The number of phenolic OH excluding ortho intramolecular Hbond substituents is 1. The SMILES string of the molecule is COc1cc(CF)ccc1O. The highest BCUT2D eigenvalue weighted by Gasteiger charge is 2.00. The Labute approximate surface area is 64.2 Å². The average Bonchev–Trinajstić information content (AvgIpc) is 2.05. The lowest BCUT2D eigenvalue weighted by molar-refractivity contribution is 0.371. The third-order valence-electron chi connectivity index (χ3n) is 1.40. The molecule has 0 fully saturated rings. The number of halogens is 1. The standard InChI is InChI=1S/C8H9FO2/c1-11-8-4-6(5-9)2-3-7(8)10/h2-4,10H,5H2,1H3. The van der Waals surface area contributed by atoms with E-state index in [4.69, 9.17) is 9.84 Å². The Morgan fingerprint density at radius 2 is 2.27 bits per heavy atom. The van der Waals surface area contributed by atoms with Crippen LogP contribution in [-0.2, 0) is 6.67 Å². The van der Waals surface area contributed by atoms with Gasteiger partial charge < -0.3 is 9.84 Å². The second-order valence-electron chi connectivity index (χ2n) is 2.14. The van der Waals surface area contributed by atoms with Crippen molar-refractivity contribution in [2.45, 2.75) is 6.67 Å². The van der Waals surface area contributed by atoms with Gasteiger partial charge in [0, 0.05) is 0 Å². The summed E-state index contributed by atoms with van der Waals surface area (Å²) in [5, 5.41) is 9.08. The Balaban J connectivity index is 3.02. The van der Waals surface area contributed by atoms with Crippen molar-refractivity contribution >= 4 is 0 Å². The minimum absolute atomic E-state index is 0.0321. The summed E-state index contributed by atoms with van der Waals surface area (Å²) in [6.45, 7) is -0.545. The van der Waals surface area contributed by atoms with Gasteiger partial charge in [0.25, 0.3) is 0 Å². The number of hydrogen-bond donors (Lipinski definition) is 1. The maximum atomic E-state index is 12.0. The number of methoxy groups -OCH3 is 1.